The number of benzene rings is 1. The van der Waals surface area contributed by atoms with Crippen molar-refractivity contribution in [2.75, 3.05) is 13.2 Å². The maximum absolute atomic E-state index is 11.6. The predicted molar refractivity (Wildman–Crippen MR) is 67.6 cm³/mol. The van der Waals surface area contributed by atoms with Crippen molar-refractivity contribution in [1.82, 2.24) is 0 Å². The van der Waals surface area contributed by atoms with Crippen LogP contribution in [0.4, 0.5) is 0 Å². The summed E-state index contributed by atoms with van der Waals surface area (Å²) in [7, 11) is 0. The summed E-state index contributed by atoms with van der Waals surface area (Å²) in [4.78, 5) is 11.6. The molecule has 90 valence electrons. The summed E-state index contributed by atoms with van der Waals surface area (Å²) in [5.41, 5.74) is 0.385. The molecule has 1 rings (SSSR count). The molecule has 3 nitrogen and oxygen atoms in total. The minimum Gasteiger partial charge on any atom is -0.488 e. The van der Waals surface area contributed by atoms with Gasteiger partial charge in [-0.2, -0.15) is 0 Å². The van der Waals surface area contributed by atoms with Gasteiger partial charge in [-0.1, -0.05) is 36.9 Å². The summed E-state index contributed by atoms with van der Waals surface area (Å²) in [5, 5.41) is 0.437. The molecule has 0 radical (unpaired) electrons. The lowest BCUT2D eigenvalue weighted by molar-refractivity contribution is 0.0549. The molecule has 0 unspecified atom stereocenters. The zero-order chi connectivity index (χ0) is 12.7. The Hall–Kier alpha value is -1.74. The van der Waals surface area contributed by atoms with E-state index in [1.807, 2.05) is 0 Å². The molecule has 0 saturated heterocycles. The number of hydrogen-bond donors (Lipinski definition) is 0. The maximum atomic E-state index is 11.6. The zero-order valence-electron chi connectivity index (χ0n) is 9.32. The molecule has 0 N–H and O–H groups in total. The lowest BCUT2D eigenvalue weighted by Crippen LogP contribution is -2.05. The lowest BCUT2D eigenvalue weighted by atomic mass is 10.2. The molecule has 0 fully saturated rings. The highest BCUT2D eigenvalue weighted by atomic mass is 35.5. The van der Waals surface area contributed by atoms with Crippen molar-refractivity contribution in [1.29, 1.82) is 0 Å². The van der Waals surface area contributed by atoms with E-state index in [2.05, 4.69) is 13.2 Å². The maximum Gasteiger partial charge on any atom is 0.338 e. The van der Waals surface area contributed by atoms with E-state index in [1.54, 1.807) is 18.2 Å². The van der Waals surface area contributed by atoms with E-state index in [-0.39, 0.29) is 6.61 Å². The number of hydrogen-bond acceptors (Lipinski definition) is 3. The average molecular weight is 253 g/mol. The molecule has 0 saturated carbocycles. The topological polar surface area (TPSA) is 35.5 Å². The Morgan fingerprint density at radius 3 is 2.65 bits per heavy atom. The second kappa shape index (κ2) is 6.76. The van der Waals surface area contributed by atoms with Gasteiger partial charge in [0.25, 0.3) is 0 Å². The first-order valence-corrected chi connectivity index (χ1v) is 5.38. The third kappa shape index (κ3) is 3.96. The molecule has 0 amide bonds. The molecule has 0 heterocycles. The number of ether oxygens (including phenoxy) is 2. The van der Waals surface area contributed by atoms with Crippen LogP contribution < -0.4 is 4.74 Å². The summed E-state index contributed by atoms with van der Waals surface area (Å²) in [6.07, 6.45) is 3.10. The van der Waals surface area contributed by atoms with E-state index in [1.165, 1.54) is 12.1 Å². The van der Waals surface area contributed by atoms with Crippen LogP contribution in [0.2, 0.25) is 5.02 Å². The summed E-state index contributed by atoms with van der Waals surface area (Å²) in [6, 6.07) is 4.70. The number of esters is 1. The SMILES string of the molecule is C=CCOC(=O)c1ccc(Cl)c(OCC=C)c1. The molecule has 0 aliphatic rings. The van der Waals surface area contributed by atoms with Crippen LogP contribution in [0.5, 0.6) is 5.75 Å². The quantitative estimate of drug-likeness (QED) is 0.576. The third-order valence-electron chi connectivity index (χ3n) is 1.86. The molecule has 0 bridgehead atoms. The van der Waals surface area contributed by atoms with Crippen molar-refractivity contribution in [3.63, 3.8) is 0 Å². The second-order valence-electron chi connectivity index (χ2n) is 3.13. The van der Waals surface area contributed by atoms with Crippen LogP contribution in [-0.2, 0) is 4.74 Å². The average Bonchev–Trinajstić information content (AvgIpc) is 2.35. The zero-order valence-corrected chi connectivity index (χ0v) is 10.1. The molecular formula is C13H13ClO3. The van der Waals surface area contributed by atoms with Crippen LogP contribution in [0.25, 0.3) is 0 Å². The molecule has 1 aromatic carbocycles. The predicted octanol–water partition coefficient (Wildman–Crippen LogP) is 3.25. The van der Waals surface area contributed by atoms with Crippen LogP contribution >= 0.6 is 11.6 Å². The van der Waals surface area contributed by atoms with E-state index >= 15 is 0 Å². The number of carbonyl (C=O) groups is 1. The van der Waals surface area contributed by atoms with Gasteiger partial charge in [0.2, 0.25) is 0 Å². The van der Waals surface area contributed by atoms with Gasteiger partial charge in [0.15, 0.2) is 0 Å². The minimum atomic E-state index is -0.440. The normalized spacial score (nSPS) is 9.47. The standard InChI is InChI=1S/C13H13ClO3/c1-3-7-16-12-9-10(5-6-11(12)14)13(15)17-8-4-2/h3-6,9H,1-2,7-8H2. The van der Waals surface area contributed by atoms with Gasteiger partial charge < -0.3 is 9.47 Å². The highest BCUT2D eigenvalue weighted by molar-refractivity contribution is 6.32. The Kier molecular flexibility index (Phi) is 5.30. The van der Waals surface area contributed by atoms with Gasteiger partial charge in [-0.05, 0) is 18.2 Å². The van der Waals surface area contributed by atoms with Gasteiger partial charge in [-0.15, -0.1) is 0 Å². The van der Waals surface area contributed by atoms with Crippen molar-refractivity contribution in [3.05, 3.63) is 54.1 Å². The van der Waals surface area contributed by atoms with Crippen molar-refractivity contribution >= 4 is 17.6 Å². The Morgan fingerprint density at radius 2 is 2.00 bits per heavy atom. The molecule has 0 atom stereocenters. The second-order valence-corrected chi connectivity index (χ2v) is 3.54. The highest BCUT2D eigenvalue weighted by Gasteiger charge is 2.10. The smallest absolute Gasteiger partial charge is 0.338 e. The van der Waals surface area contributed by atoms with Crippen molar-refractivity contribution in [3.8, 4) is 5.75 Å². The molecule has 0 aliphatic heterocycles. The monoisotopic (exact) mass is 252 g/mol. The fourth-order valence-electron chi connectivity index (χ4n) is 1.11. The first-order chi connectivity index (χ1) is 8.19. The highest BCUT2D eigenvalue weighted by Crippen LogP contribution is 2.25. The minimum absolute atomic E-state index is 0.171. The van der Waals surface area contributed by atoms with Crippen LogP contribution in [0, 0.1) is 0 Å². The largest absolute Gasteiger partial charge is 0.488 e. The number of halogens is 1. The van der Waals surface area contributed by atoms with Crippen LogP contribution in [0.1, 0.15) is 10.4 Å². The van der Waals surface area contributed by atoms with Gasteiger partial charge in [0.1, 0.15) is 19.0 Å². The molecule has 0 spiro atoms. The third-order valence-corrected chi connectivity index (χ3v) is 2.17. The van der Waals surface area contributed by atoms with E-state index in [0.29, 0.717) is 22.9 Å². The Balaban J connectivity index is 2.83. The molecule has 4 heteroatoms. The van der Waals surface area contributed by atoms with Gasteiger partial charge in [0.05, 0.1) is 10.6 Å². The van der Waals surface area contributed by atoms with Crippen molar-refractivity contribution in [2.24, 2.45) is 0 Å². The molecule has 0 aliphatic carbocycles. The number of rotatable bonds is 6. The van der Waals surface area contributed by atoms with Crippen LogP contribution in [0.15, 0.2) is 43.5 Å². The first-order valence-electron chi connectivity index (χ1n) is 5.00. The van der Waals surface area contributed by atoms with Crippen molar-refractivity contribution < 1.29 is 14.3 Å². The van der Waals surface area contributed by atoms with Gasteiger partial charge in [0, 0.05) is 0 Å². The summed E-state index contributed by atoms with van der Waals surface area (Å²) < 4.78 is 10.2. The van der Waals surface area contributed by atoms with Crippen LogP contribution in [-0.4, -0.2) is 19.2 Å². The number of carbonyl (C=O) groups excluding carboxylic acids is 1. The Morgan fingerprint density at radius 1 is 1.29 bits per heavy atom. The van der Waals surface area contributed by atoms with E-state index in [4.69, 9.17) is 21.1 Å². The molecule has 0 aromatic heterocycles. The molecular weight excluding hydrogens is 240 g/mol. The summed E-state index contributed by atoms with van der Waals surface area (Å²) in [6.45, 7) is 7.49. The van der Waals surface area contributed by atoms with E-state index in [9.17, 15) is 4.79 Å². The molecule has 17 heavy (non-hydrogen) atoms. The van der Waals surface area contributed by atoms with Crippen molar-refractivity contribution in [2.45, 2.75) is 0 Å². The summed E-state index contributed by atoms with van der Waals surface area (Å²) >= 11 is 5.91. The van der Waals surface area contributed by atoms with Gasteiger partial charge in [-0.25, -0.2) is 4.79 Å². The van der Waals surface area contributed by atoms with Gasteiger partial charge in [-0.3, -0.25) is 0 Å². The Bertz CT molecular complexity index is 427. The Labute approximate surface area is 105 Å². The van der Waals surface area contributed by atoms with Crippen LogP contribution in [0.3, 0.4) is 0 Å². The summed E-state index contributed by atoms with van der Waals surface area (Å²) in [5.74, 6) is -0.00959. The fraction of sp³-hybridized carbons (Fsp3) is 0.154. The van der Waals surface area contributed by atoms with E-state index < -0.39 is 5.97 Å². The first kappa shape index (κ1) is 13.3. The molecule has 1 aromatic rings. The fourth-order valence-corrected chi connectivity index (χ4v) is 1.28. The van der Waals surface area contributed by atoms with E-state index in [0.717, 1.165) is 0 Å². The van der Waals surface area contributed by atoms with Gasteiger partial charge >= 0.3 is 5.97 Å². The lowest BCUT2D eigenvalue weighted by Gasteiger charge is -2.07.